The summed E-state index contributed by atoms with van der Waals surface area (Å²) in [6.45, 7) is 1.67. The summed E-state index contributed by atoms with van der Waals surface area (Å²) in [7, 11) is -3.38. The highest BCUT2D eigenvalue weighted by atomic mass is 32.2. The van der Waals surface area contributed by atoms with Crippen molar-refractivity contribution in [3.8, 4) is 5.75 Å². The number of hydrogen-bond acceptors (Lipinski definition) is 6. The van der Waals surface area contributed by atoms with E-state index in [9.17, 15) is 13.2 Å². The normalized spacial score (nSPS) is 12.5. The molecule has 3 rings (SSSR count). The van der Waals surface area contributed by atoms with Gasteiger partial charge in [0.05, 0.1) is 16.5 Å². The Morgan fingerprint density at radius 3 is 2.62 bits per heavy atom. The number of rotatable bonds is 6. The molecule has 2 aromatic carbocycles. The summed E-state index contributed by atoms with van der Waals surface area (Å²) in [5.41, 5.74) is 1.23. The molecule has 0 fully saturated rings. The zero-order valence-electron chi connectivity index (χ0n) is 14.1. The van der Waals surface area contributed by atoms with E-state index in [1.807, 2.05) is 18.2 Å². The predicted octanol–water partition coefficient (Wildman–Crippen LogP) is 3.07. The van der Waals surface area contributed by atoms with Crippen molar-refractivity contribution in [2.24, 2.45) is 0 Å². The van der Waals surface area contributed by atoms with E-state index in [0.29, 0.717) is 17.0 Å². The average molecular weight is 391 g/mol. The van der Waals surface area contributed by atoms with E-state index in [0.717, 1.165) is 11.0 Å². The molecule has 1 heterocycles. The van der Waals surface area contributed by atoms with Gasteiger partial charge in [-0.2, -0.15) is 0 Å². The number of carbonyl (C=O) groups excluding carboxylic acids is 1. The average Bonchev–Trinajstić information content (AvgIpc) is 2.95. The molecule has 0 spiro atoms. The first-order chi connectivity index (χ1) is 12.3. The van der Waals surface area contributed by atoms with Gasteiger partial charge >= 0.3 is 0 Å². The van der Waals surface area contributed by atoms with E-state index in [4.69, 9.17) is 4.74 Å². The number of amides is 1. The maximum absolute atomic E-state index is 12.3. The number of aromatic nitrogens is 1. The van der Waals surface area contributed by atoms with Crippen LogP contribution in [0.1, 0.15) is 6.92 Å². The van der Waals surface area contributed by atoms with Gasteiger partial charge in [0.15, 0.2) is 11.2 Å². The van der Waals surface area contributed by atoms with Crippen LogP contribution >= 0.6 is 11.3 Å². The molecule has 0 saturated heterocycles. The van der Waals surface area contributed by atoms with Crippen molar-refractivity contribution < 1.29 is 17.9 Å². The van der Waals surface area contributed by atoms with Gasteiger partial charge in [0.1, 0.15) is 5.75 Å². The van der Waals surface area contributed by atoms with Crippen molar-refractivity contribution in [3.05, 3.63) is 48.5 Å². The molecule has 9 heteroatoms. The summed E-state index contributed by atoms with van der Waals surface area (Å²) in [5.74, 6) is 0.330. The molecular formula is C17H17N3O4S2. The Balaban J connectivity index is 1.70. The fourth-order valence-corrected chi connectivity index (χ4v) is 3.95. The summed E-state index contributed by atoms with van der Waals surface area (Å²) in [4.78, 5) is 16.5. The lowest BCUT2D eigenvalue weighted by molar-refractivity contribution is -0.122. The molecule has 0 bridgehead atoms. The Hall–Kier alpha value is -2.65. The second kappa shape index (κ2) is 7.30. The molecule has 0 aliphatic heterocycles. The van der Waals surface area contributed by atoms with Crippen LogP contribution in [0.2, 0.25) is 0 Å². The van der Waals surface area contributed by atoms with Gasteiger partial charge in [-0.25, -0.2) is 13.4 Å². The minimum absolute atomic E-state index is 0.284. The SMILES string of the molecule is C[C@H](Oc1ccccc1)C(=O)Nc1ccc2nc(NS(C)(=O)=O)sc2c1. The third kappa shape index (κ3) is 4.70. The zero-order chi connectivity index (χ0) is 18.7. The van der Waals surface area contributed by atoms with E-state index in [1.54, 1.807) is 37.3 Å². The summed E-state index contributed by atoms with van der Waals surface area (Å²) >= 11 is 1.19. The first kappa shape index (κ1) is 18.2. The molecule has 2 N–H and O–H groups in total. The minimum atomic E-state index is -3.38. The van der Waals surface area contributed by atoms with Gasteiger partial charge in [0.25, 0.3) is 5.91 Å². The Morgan fingerprint density at radius 2 is 1.92 bits per heavy atom. The maximum atomic E-state index is 12.3. The Morgan fingerprint density at radius 1 is 1.19 bits per heavy atom. The van der Waals surface area contributed by atoms with Crippen LogP contribution in [0.4, 0.5) is 10.8 Å². The number of benzene rings is 2. The molecule has 3 aromatic rings. The molecule has 0 aliphatic carbocycles. The maximum Gasteiger partial charge on any atom is 0.265 e. The molecule has 26 heavy (non-hydrogen) atoms. The molecule has 0 unspecified atom stereocenters. The highest BCUT2D eigenvalue weighted by molar-refractivity contribution is 7.92. The summed E-state index contributed by atoms with van der Waals surface area (Å²) in [5, 5.41) is 3.07. The molecular weight excluding hydrogens is 374 g/mol. The Kier molecular flexibility index (Phi) is 5.10. The summed E-state index contributed by atoms with van der Waals surface area (Å²) in [6, 6.07) is 14.3. The number of thiazole rings is 1. The van der Waals surface area contributed by atoms with Crippen molar-refractivity contribution in [2.75, 3.05) is 16.3 Å². The second-order valence-electron chi connectivity index (χ2n) is 5.64. The van der Waals surface area contributed by atoms with Crippen molar-refractivity contribution in [3.63, 3.8) is 0 Å². The largest absolute Gasteiger partial charge is 0.481 e. The van der Waals surface area contributed by atoms with Crippen LogP contribution in [0.15, 0.2) is 48.5 Å². The van der Waals surface area contributed by atoms with E-state index in [1.165, 1.54) is 11.3 Å². The van der Waals surface area contributed by atoms with Crippen molar-refractivity contribution in [2.45, 2.75) is 13.0 Å². The Bertz CT molecular complexity index is 1030. The smallest absolute Gasteiger partial charge is 0.265 e. The standard InChI is InChI=1S/C17H17N3O4S2/c1-11(24-13-6-4-3-5-7-13)16(21)18-12-8-9-14-15(10-12)25-17(19-14)20-26(2,22)23/h3-11H,1-2H3,(H,18,21)(H,19,20)/t11-/m0/s1. The van der Waals surface area contributed by atoms with Crippen molar-refractivity contribution in [1.82, 2.24) is 4.98 Å². The van der Waals surface area contributed by atoms with Gasteiger partial charge in [-0.15, -0.1) is 0 Å². The molecule has 0 saturated carbocycles. The summed E-state index contributed by atoms with van der Waals surface area (Å²) in [6.07, 6.45) is 0.399. The van der Waals surface area contributed by atoms with Crippen LogP contribution < -0.4 is 14.8 Å². The molecule has 0 radical (unpaired) electrons. The lowest BCUT2D eigenvalue weighted by atomic mass is 10.2. The number of carbonyl (C=O) groups is 1. The molecule has 7 nitrogen and oxygen atoms in total. The number of anilines is 2. The lowest BCUT2D eigenvalue weighted by Gasteiger charge is -2.14. The molecule has 1 aromatic heterocycles. The summed E-state index contributed by atoms with van der Waals surface area (Å²) < 4.78 is 31.3. The predicted molar refractivity (Wildman–Crippen MR) is 103 cm³/mol. The number of nitrogens with zero attached hydrogens (tertiary/aromatic N) is 1. The van der Waals surface area contributed by atoms with Crippen molar-refractivity contribution >= 4 is 48.3 Å². The van der Waals surface area contributed by atoms with E-state index in [2.05, 4.69) is 15.0 Å². The zero-order valence-corrected chi connectivity index (χ0v) is 15.7. The molecule has 136 valence electrons. The van der Waals surface area contributed by atoms with Crippen LogP contribution in [0.25, 0.3) is 10.2 Å². The van der Waals surface area contributed by atoms with E-state index >= 15 is 0 Å². The number of hydrogen-bond donors (Lipinski definition) is 2. The number of sulfonamides is 1. The topological polar surface area (TPSA) is 97.4 Å². The van der Waals surface area contributed by atoms with Gasteiger partial charge in [-0.3, -0.25) is 9.52 Å². The first-order valence-electron chi connectivity index (χ1n) is 7.71. The third-order valence-corrected chi connectivity index (χ3v) is 4.98. The molecule has 1 amide bonds. The van der Waals surface area contributed by atoms with Gasteiger partial charge in [-0.05, 0) is 37.3 Å². The van der Waals surface area contributed by atoms with Crippen LogP contribution in [0, 0.1) is 0 Å². The molecule has 0 aliphatic rings. The van der Waals surface area contributed by atoms with Gasteiger partial charge in [-0.1, -0.05) is 29.5 Å². The monoisotopic (exact) mass is 391 g/mol. The first-order valence-corrected chi connectivity index (χ1v) is 10.4. The third-order valence-electron chi connectivity index (χ3n) is 3.35. The number of nitrogens with one attached hydrogen (secondary N) is 2. The highest BCUT2D eigenvalue weighted by Gasteiger charge is 2.15. The fraction of sp³-hybridized carbons (Fsp3) is 0.176. The number of ether oxygens (including phenoxy) is 1. The minimum Gasteiger partial charge on any atom is -0.481 e. The number of para-hydroxylation sites is 1. The highest BCUT2D eigenvalue weighted by Crippen LogP contribution is 2.29. The van der Waals surface area contributed by atoms with Gasteiger partial charge in [0, 0.05) is 5.69 Å². The Labute approximate surface area is 155 Å². The number of fused-ring (bicyclic) bond motifs is 1. The lowest BCUT2D eigenvalue weighted by Crippen LogP contribution is -2.30. The van der Waals surface area contributed by atoms with Crippen molar-refractivity contribution in [1.29, 1.82) is 0 Å². The van der Waals surface area contributed by atoms with E-state index in [-0.39, 0.29) is 11.0 Å². The molecule has 1 atom stereocenters. The fourth-order valence-electron chi connectivity index (χ4n) is 2.21. The van der Waals surface area contributed by atoms with Gasteiger partial charge < -0.3 is 10.1 Å². The second-order valence-corrected chi connectivity index (χ2v) is 8.42. The van der Waals surface area contributed by atoms with Crippen LogP contribution in [-0.2, 0) is 14.8 Å². The van der Waals surface area contributed by atoms with E-state index < -0.39 is 16.1 Å². The van der Waals surface area contributed by atoms with Gasteiger partial charge in [0.2, 0.25) is 10.0 Å². The van der Waals surface area contributed by atoms with Crippen LogP contribution in [0.5, 0.6) is 5.75 Å². The quantitative estimate of drug-likeness (QED) is 0.673. The van der Waals surface area contributed by atoms with Crippen LogP contribution in [-0.4, -0.2) is 31.7 Å². The van der Waals surface area contributed by atoms with Crippen LogP contribution in [0.3, 0.4) is 0 Å².